The number of amides is 1. The van der Waals surface area contributed by atoms with E-state index in [4.69, 9.17) is 5.84 Å². The van der Waals surface area contributed by atoms with Gasteiger partial charge in [0.2, 0.25) is 0 Å². The SMILES string of the molecule is NNc1cc(C(=O)NCCc2cccc(F)c2)ccn1. The minimum absolute atomic E-state index is 0.222. The fourth-order valence-electron chi connectivity index (χ4n) is 1.77. The molecule has 0 spiro atoms. The third-order valence-corrected chi connectivity index (χ3v) is 2.76. The van der Waals surface area contributed by atoms with Crippen molar-refractivity contribution in [1.29, 1.82) is 0 Å². The average Bonchev–Trinajstić information content (AvgIpc) is 2.47. The fourth-order valence-corrected chi connectivity index (χ4v) is 1.77. The summed E-state index contributed by atoms with van der Waals surface area (Å²) in [7, 11) is 0. The van der Waals surface area contributed by atoms with Crippen molar-refractivity contribution < 1.29 is 9.18 Å². The lowest BCUT2D eigenvalue weighted by molar-refractivity contribution is 0.0954. The Balaban J connectivity index is 1.89. The van der Waals surface area contributed by atoms with Crippen LogP contribution < -0.4 is 16.6 Å². The molecule has 1 aromatic heterocycles. The minimum Gasteiger partial charge on any atom is -0.352 e. The molecule has 104 valence electrons. The van der Waals surface area contributed by atoms with Gasteiger partial charge < -0.3 is 10.7 Å². The van der Waals surface area contributed by atoms with Crippen molar-refractivity contribution in [3.8, 4) is 0 Å². The monoisotopic (exact) mass is 274 g/mol. The van der Waals surface area contributed by atoms with E-state index < -0.39 is 0 Å². The highest BCUT2D eigenvalue weighted by Crippen LogP contribution is 2.06. The Bertz CT molecular complexity index is 603. The molecule has 0 bridgehead atoms. The highest BCUT2D eigenvalue weighted by Gasteiger charge is 2.06. The summed E-state index contributed by atoms with van der Waals surface area (Å²) < 4.78 is 13.0. The van der Waals surface area contributed by atoms with Crippen molar-refractivity contribution in [3.63, 3.8) is 0 Å². The first-order valence-electron chi connectivity index (χ1n) is 6.14. The average molecular weight is 274 g/mol. The zero-order chi connectivity index (χ0) is 14.4. The topological polar surface area (TPSA) is 80.0 Å². The molecule has 0 aliphatic heterocycles. The number of nitrogens with two attached hydrogens (primary N) is 1. The van der Waals surface area contributed by atoms with Crippen LogP contribution in [0.4, 0.5) is 10.2 Å². The number of nitrogens with one attached hydrogen (secondary N) is 2. The van der Waals surface area contributed by atoms with Crippen molar-refractivity contribution in [2.75, 3.05) is 12.0 Å². The molecule has 1 heterocycles. The highest BCUT2D eigenvalue weighted by atomic mass is 19.1. The van der Waals surface area contributed by atoms with Gasteiger partial charge in [0, 0.05) is 18.3 Å². The second-order valence-electron chi connectivity index (χ2n) is 4.21. The van der Waals surface area contributed by atoms with E-state index in [0.29, 0.717) is 24.3 Å². The third kappa shape index (κ3) is 3.76. The minimum atomic E-state index is -0.276. The number of hydrazine groups is 1. The number of benzene rings is 1. The van der Waals surface area contributed by atoms with Gasteiger partial charge in [-0.3, -0.25) is 4.79 Å². The number of halogens is 1. The summed E-state index contributed by atoms with van der Waals surface area (Å²) in [5, 5.41) is 2.76. The highest BCUT2D eigenvalue weighted by molar-refractivity contribution is 5.94. The molecule has 20 heavy (non-hydrogen) atoms. The molecular weight excluding hydrogens is 259 g/mol. The molecule has 1 aromatic carbocycles. The maximum Gasteiger partial charge on any atom is 0.251 e. The number of carbonyl (C=O) groups excluding carboxylic acids is 1. The lowest BCUT2D eigenvalue weighted by Gasteiger charge is -2.06. The van der Waals surface area contributed by atoms with Crippen LogP contribution in [0.1, 0.15) is 15.9 Å². The Hall–Kier alpha value is -2.47. The van der Waals surface area contributed by atoms with Crippen LogP contribution in [0.15, 0.2) is 42.6 Å². The van der Waals surface area contributed by atoms with Gasteiger partial charge in [0.15, 0.2) is 0 Å². The number of hydrogen-bond acceptors (Lipinski definition) is 4. The van der Waals surface area contributed by atoms with Crippen molar-refractivity contribution in [3.05, 3.63) is 59.5 Å². The summed E-state index contributed by atoms with van der Waals surface area (Å²) >= 11 is 0. The van der Waals surface area contributed by atoms with Gasteiger partial charge in [-0.15, -0.1) is 0 Å². The van der Waals surface area contributed by atoms with Gasteiger partial charge in [-0.25, -0.2) is 15.2 Å². The molecule has 1 amide bonds. The second kappa shape index (κ2) is 6.63. The Morgan fingerprint density at radius 1 is 1.30 bits per heavy atom. The molecule has 0 saturated heterocycles. The van der Waals surface area contributed by atoms with Crippen molar-refractivity contribution in [2.24, 2.45) is 5.84 Å². The molecule has 4 N–H and O–H groups in total. The molecule has 2 aromatic rings. The number of carbonyl (C=O) groups is 1. The molecule has 2 rings (SSSR count). The number of nitrogen functional groups attached to an aromatic ring is 1. The fraction of sp³-hybridized carbons (Fsp3) is 0.143. The van der Waals surface area contributed by atoms with Gasteiger partial charge in [0.25, 0.3) is 5.91 Å². The first-order valence-corrected chi connectivity index (χ1v) is 6.14. The van der Waals surface area contributed by atoms with E-state index in [-0.39, 0.29) is 11.7 Å². The molecule has 0 aliphatic carbocycles. The molecular formula is C14H15FN4O. The molecule has 0 unspecified atom stereocenters. The largest absolute Gasteiger partial charge is 0.352 e. The quantitative estimate of drug-likeness (QED) is 0.570. The molecule has 5 nitrogen and oxygen atoms in total. The molecule has 0 atom stereocenters. The molecule has 6 heteroatoms. The van der Waals surface area contributed by atoms with Crippen LogP contribution in [0, 0.1) is 5.82 Å². The Morgan fingerprint density at radius 2 is 2.15 bits per heavy atom. The normalized spacial score (nSPS) is 10.1. The van der Waals surface area contributed by atoms with Crippen LogP contribution in [-0.2, 0) is 6.42 Å². The standard InChI is InChI=1S/C14H15FN4O/c15-12-3-1-2-10(8-12)4-6-18-14(20)11-5-7-17-13(9-11)19-16/h1-3,5,7-9H,4,6,16H2,(H,17,19)(H,18,20). The molecule has 0 saturated carbocycles. The zero-order valence-corrected chi connectivity index (χ0v) is 10.8. The smallest absolute Gasteiger partial charge is 0.251 e. The van der Waals surface area contributed by atoms with E-state index in [2.05, 4.69) is 15.7 Å². The van der Waals surface area contributed by atoms with Crippen LogP contribution in [0.2, 0.25) is 0 Å². The van der Waals surface area contributed by atoms with Gasteiger partial charge in [-0.2, -0.15) is 0 Å². The summed E-state index contributed by atoms with van der Waals surface area (Å²) in [6.07, 6.45) is 2.06. The maximum atomic E-state index is 13.0. The number of nitrogens with zero attached hydrogens (tertiary/aromatic N) is 1. The number of anilines is 1. The lowest BCUT2D eigenvalue weighted by atomic mass is 10.1. The zero-order valence-electron chi connectivity index (χ0n) is 10.8. The van der Waals surface area contributed by atoms with Crippen LogP contribution in [0.5, 0.6) is 0 Å². The number of hydrogen-bond donors (Lipinski definition) is 3. The van der Waals surface area contributed by atoms with Gasteiger partial charge in [0.1, 0.15) is 11.6 Å². The van der Waals surface area contributed by atoms with E-state index in [1.807, 2.05) is 6.07 Å². The summed E-state index contributed by atoms with van der Waals surface area (Å²) in [5.41, 5.74) is 3.68. The van der Waals surface area contributed by atoms with Crippen LogP contribution in [0.25, 0.3) is 0 Å². The van der Waals surface area contributed by atoms with Gasteiger partial charge in [-0.05, 0) is 36.2 Å². The van der Waals surface area contributed by atoms with E-state index in [1.165, 1.54) is 18.3 Å². The van der Waals surface area contributed by atoms with Gasteiger partial charge >= 0.3 is 0 Å². The molecule has 0 aliphatic rings. The van der Waals surface area contributed by atoms with E-state index in [0.717, 1.165) is 5.56 Å². The first-order chi connectivity index (χ1) is 9.69. The predicted molar refractivity (Wildman–Crippen MR) is 74.5 cm³/mol. The van der Waals surface area contributed by atoms with E-state index in [1.54, 1.807) is 18.2 Å². The summed E-state index contributed by atoms with van der Waals surface area (Å²) in [6, 6.07) is 9.46. The van der Waals surface area contributed by atoms with E-state index >= 15 is 0 Å². The maximum absolute atomic E-state index is 13.0. The predicted octanol–water partition coefficient (Wildman–Crippen LogP) is 1.48. The number of pyridine rings is 1. The van der Waals surface area contributed by atoms with Gasteiger partial charge in [0.05, 0.1) is 0 Å². The van der Waals surface area contributed by atoms with Crippen molar-refractivity contribution in [2.45, 2.75) is 6.42 Å². The number of rotatable bonds is 5. The van der Waals surface area contributed by atoms with E-state index in [9.17, 15) is 9.18 Å². The van der Waals surface area contributed by atoms with Crippen LogP contribution in [-0.4, -0.2) is 17.4 Å². The Morgan fingerprint density at radius 3 is 2.90 bits per heavy atom. The Labute approximate surface area is 116 Å². The van der Waals surface area contributed by atoms with Crippen molar-refractivity contribution in [1.82, 2.24) is 10.3 Å². The van der Waals surface area contributed by atoms with Crippen LogP contribution in [0.3, 0.4) is 0 Å². The summed E-state index contributed by atoms with van der Waals surface area (Å²) in [6.45, 7) is 0.427. The molecule has 0 fully saturated rings. The van der Waals surface area contributed by atoms with Crippen molar-refractivity contribution >= 4 is 11.7 Å². The Kier molecular flexibility index (Phi) is 4.62. The summed E-state index contributed by atoms with van der Waals surface area (Å²) in [4.78, 5) is 15.8. The number of aromatic nitrogens is 1. The lowest BCUT2D eigenvalue weighted by Crippen LogP contribution is -2.26. The third-order valence-electron chi connectivity index (χ3n) is 2.76. The van der Waals surface area contributed by atoms with Gasteiger partial charge in [-0.1, -0.05) is 12.1 Å². The summed E-state index contributed by atoms with van der Waals surface area (Å²) in [5.74, 6) is 5.15. The first kappa shape index (κ1) is 14.0. The molecule has 0 radical (unpaired) electrons. The second-order valence-corrected chi connectivity index (χ2v) is 4.21. The van der Waals surface area contributed by atoms with Crippen LogP contribution >= 0.6 is 0 Å².